The van der Waals surface area contributed by atoms with Gasteiger partial charge in [-0.25, -0.2) is 14.6 Å². The summed E-state index contributed by atoms with van der Waals surface area (Å²) in [7, 11) is 0. The van der Waals surface area contributed by atoms with Crippen LogP contribution in [-0.4, -0.2) is 40.1 Å². The van der Waals surface area contributed by atoms with Crippen molar-refractivity contribution < 1.29 is 19.1 Å². The SMILES string of the molecule is Cc1ncsc1COC(=O)[C@H]1CCCN1C(=O)OC(C)(C)C. The van der Waals surface area contributed by atoms with Crippen LogP contribution in [0.15, 0.2) is 5.51 Å². The minimum atomic E-state index is -0.576. The summed E-state index contributed by atoms with van der Waals surface area (Å²) in [6.45, 7) is 8.02. The molecule has 22 heavy (non-hydrogen) atoms. The Morgan fingerprint density at radius 1 is 1.45 bits per heavy atom. The molecule has 6 nitrogen and oxygen atoms in total. The molecule has 1 aromatic rings. The summed E-state index contributed by atoms with van der Waals surface area (Å²) in [5, 5.41) is 0. The summed E-state index contributed by atoms with van der Waals surface area (Å²) in [6, 6.07) is -0.553. The van der Waals surface area contributed by atoms with E-state index >= 15 is 0 Å². The molecule has 0 radical (unpaired) electrons. The predicted octanol–water partition coefficient (Wildman–Crippen LogP) is 2.89. The standard InChI is InChI=1S/C15H22N2O4S/c1-10-12(22-9-16-10)8-20-13(18)11-6-5-7-17(11)14(19)21-15(2,3)4/h9,11H,5-8H2,1-4H3/t11-/m1/s1. The largest absolute Gasteiger partial charge is 0.458 e. The van der Waals surface area contributed by atoms with E-state index in [1.807, 2.05) is 6.92 Å². The van der Waals surface area contributed by atoms with Gasteiger partial charge in [0, 0.05) is 6.54 Å². The summed E-state index contributed by atoms with van der Waals surface area (Å²) < 4.78 is 10.7. The van der Waals surface area contributed by atoms with Crippen LogP contribution in [0.25, 0.3) is 0 Å². The highest BCUT2D eigenvalue weighted by Gasteiger charge is 2.37. The Bertz CT molecular complexity index is 550. The number of amides is 1. The third kappa shape index (κ3) is 4.19. The number of esters is 1. The molecule has 122 valence electrons. The van der Waals surface area contributed by atoms with E-state index in [2.05, 4.69) is 4.98 Å². The zero-order valence-electron chi connectivity index (χ0n) is 13.4. The number of hydrogen-bond acceptors (Lipinski definition) is 6. The van der Waals surface area contributed by atoms with Crippen LogP contribution in [0.3, 0.4) is 0 Å². The highest BCUT2D eigenvalue weighted by molar-refractivity contribution is 7.09. The highest BCUT2D eigenvalue weighted by Crippen LogP contribution is 2.23. The van der Waals surface area contributed by atoms with Crippen LogP contribution in [0.1, 0.15) is 44.2 Å². The maximum Gasteiger partial charge on any atom is 0.411 e. The van der Waals surface area contributed by atoms with Crippen LogP contribution in [0.2, 0.25) is 0 Å². The van der Waals surface area contributed by atoms with Crippen LogP contribution < -0.4 is 0 Å². The van der Waals surface area contributed by atoms with Gasteiger partial charge in [0.25, 0.3) is 0 Å². The third-order valence-electron chi connectivity index (χ3n) is 3.34. The molecule has 0 aromatic carbocycles. The summed E-state index contributed by atoms with van der Waals surface area (Å²) >= 11 is 1.46. The van der Waals surface area contributed by atoms with E-state index in [0.717, 1.165) is 17.0 Å². The first-order valence-corrected chi connectivity index (χ1v) is 8.21. The molecule has 2 rings (SSSR count). The van der Waals surface area contributed by atoms with E-state index < -0.39 is 17.7 Å². The van der Waals surface area contributed by atoms with E-state index in [1.165, 1.54) is 16.2 Å². The lowest BCUT2D eigenvalue weighted by Crippen LogP contribution is -2.44. The second-order valence-corrected chi connectivity index (χ2v) is 7.24. The van der Waals surface area contributed by atoms with Crippen LogP contribution in [0.5, 0.6) is 0 Å². The number of carbonyl (C=O) groups excluding carboxylic acids is 2. The molecule has 2 heterocycles. The number of thiazole rings is 1. The average Bonchev–Trinajstić information content (AvgIpc) is 3.02. The van der Waals surface area contributed by atoms with E-state index in [0.29, 0.717) is 13.0 Å². The first-order valence-electron chi connectivity index (χ1n) is 7.33. The van der Waals surface area contributed by atoms with Crippen molar-refractivity contribution in [3.8, 4) is 0 Å². The average molecular weight is 326 g/mol. The fraction of sp³-hybridized carbons (Fsp3) is 0.667. The minimum absolute atomic E-state index is 0.202. The number of rotatable bonds is 3. The molecular weight excluding hydrogens is 304 g/mol. The van der Waals surface area contributed by atoms with Gasteiger partial charge in [0.15, 0.2) is 0 Å². The van der Waals surface area contributed by atoms with E-state index in [-0.39, 0.29) is 12.6 Å². The zero-order valence-corrected chi connectivity index (χ0v) is 14.2. The van der Waals surface area contributed by atoms with E-state index in [4.69, 9.17) is 9.47 Å². The van der Waals surface area contributed by atoms with Gasteiger partial charge in [-0.15, -0.1) is 11.3 Å². The van der Waals surface area contributed by atoms with Gasteiger partial charge >= 0.3 is 12.1 Å². The quantitative estimate of drug-likeness (QED) is 0.799. The number of hydrogen-bond donors (Lipinski definition) is 0. The van der Waals surface area contributed by atoms with Crippen molar-refractivity contribution in [1.82, 2.24) is 9.88 Å². The number of likely N-dealkylation sites (tertiary alicyclic amines) is 1. The van der Waals surface area contributed by atoms with Crippen LogP contribution in [0, 0.1) is 6.92 Å². The Kier molecular flexibility index (Phi) is 5.05. The van der Waals surface area contributed by atoms with Crippen LogP contribution in [-0.2, 0) is 20.9 Å². The molecular formula is C15H22N2O4S. The fourth-order valence-corrected chi connectivity index (χ4v) is 2.94. The minimum Gasteiger partial charge on any atom is -0.458 e. The summed E-state index contributed by atoms with van der Waals surface area (Å²) in [5.41, 5.74) is 2.02. The molecule has 1 aliphatic heterocycles. The van der Waals surface area contributed by atoms with Crippen molar-refractivity contribution in [2.24, 2.45) is 0 Å². The Hall–Kier alpha value is -1.63. The highest BCUT2D eigenvalue weighted by atomic mass is 32.1. The Labute approximate surface area is 134 Å². The number of nitrogens with zero attached hydrogens (tertiary/aromatic N) is 2. The molecule has 0 N–H and O–H groups in total. The number of ether oxygens (including phenoxy) is 2. The Balaban J connectivity index is 1.93. The Morgan fingerprint density at radius 3 is 2.77 bits per heavy atom. The topological polar surface area (TPSA) is 68.7 Å². The van der Waals surface area contributed by atoms with Gasteiger partial charge in [-0.05, 0) is 40.5 Å². The maximum atomic E-state index is 12.2. The van der Waals surface area contributed by atoms with Crippen molar-refractivity contribution in [3.63, 3.8) is 0 Å². The van der Waals surface area contributed by atoms with Gasteiger partial charge in [-0.1, -0.05) is 0 Å². The molecule has 1 aliphatic rings. The second-order valence-electron chi connectivity index (χ2n) is 6.30. The van der Waals surface area contributed by atoms with Gasteiger partial charge < -0.3 is 9.47 Å². The van der Waals surface area contributed by atoms with Gasteiger partial charge in [0.05, 0.1) is 16.1 Å². The molecule has 1 atom stereocenters. The van der Waals surface area contributed by atoms with Gasteiger partial charge in [0.2, 0.25) is 0 Å². The smallest absolute Gasteiger partial charge is 0.411 e. The van der Waals surface area contributed by atoms with Crippen molar-refractivity contribution in [2.75, 3.05) is 6.54 Å². The van der Waals surface area contributed by atoms with Gasteiger partial charge in [0.1, 0.15) is 18.2 Å². The lowest BCUT2D eigenvalue weighted by Gasteiger charge is -2.27. The lowest BCUT2D eigenvalue weighted by atomic mass is 10.2. The van der Waals surface area contributed by atoms with Crippen LogP contribution in [0.4, 0.5) is 4.79 Å². The molecule has 0 spiro atoms. The fourth-order valence-electron chi connectivity index (χ4n) is 2.25. The first kappa shape index (κ1) is 16.7. The van der Waals surface area contributed by atoms with Crippen molar-refractivity contribution in [1.29, 1.82) is 0 Å². The van der Waals surface area contributed by atoms with E-state index in [1.54, 1.807) is 26.3 Å². The molecule has 1 saturated heterocycles. The predicted molar refractivity (Wildman–Crippen MR) is 82.6 cm³/mol. The normalized spacial score (nSPS) is 18.4. The number of aromatic nitrogens is 1. The van der Waals surface area contributed by atoms with Gasteiger partial charge in [-0.3, -0.25) is 4.90 Å². The molecule has 0 aliphatic carbocycles. The maximum absolute atomic E-state index is 12.2. The lowest BCUT2D eigenvalue weighted by molar-refractivity contribution is -0.150. The molecule has 7 heteroatoms. The zero-order chi connectivity index (χ0) is 16.3. The summed E-state index contributed by atoms with van der Waals surface area (Å²) in [4.78, 5) is 30.9. The van der Waals surface area contributed by atoms with E-state index in [9.17, 15) is 9.59 Å². The second kappa shape index (κ2) is 6.64. The number of aryl methyl sites for hydroxylation is 1. The third-order valence-corrected chi connectivity index (χ3v) is 4.25. The van der Waals surface area contributed by atoms with Crippen molar-refractivity contribution in [3.05, 3.63) is 16.1 Å². The van der Waals surface area contributed by atoms with Gasteiger partial charge in [-0.2, -0.15) is 0 Å². The molecule has 0 saturated carbocycles. The Morgan fingerprint density at radius 2 is 2.18 bits per heavy atom. The van der Waals surface area contributed by atoms with Crippen LogP contribution >= 0.6 is 11.3 Å². The first-order chi connectivity index (χ1) is 10.3. The molecule has 1 fully saturated rings. The molecule has 0 bridgehead atoms. The monoisotopic (exact) mass is 326 g/mol. The molecule has 0 unspecified atom stereocenters. The summed E-state index contributed by atoms with van der Waals surface area (Å²) in [5.74, 6) is -0.379. The summed E-state index contributed by atoms with van der Waals surface area (Å²) in [6.07, 6.45) is 0.930. The van der Waals surface area contributed by atoms with Crippen molar-refractivity contribution >= 4 is 23.4 Å². The molecule has 1 amide bonds. The molecule has 1 aromatic heterocycles. The van der Waals surface area contributed by atoms with Crippen molar-refractivity contribution in [2.45, 2.75) is 58.8 Å². The number of carbonyl (C=O) groups is 2.